The number of amides is 1. The highest BCUT2D eigenvalue weighted by Gasteiger charge is 2.21. The van der Waals surface area contributed by atoms with Crippen molar-refractivity contribution >= 4 is 29.1 Å². The molecule has 12 heteroatoms. The number of carbonyl (C=O) groups is 1. The number of aryl methyl sites for hydroxylation is 1. The normalized spacial score (nSPS) is 12.1. The number of aromatic nitrogens is 7. The molecule has 0 aliphatic carbocycles. The minimum absolute atomic E-state index is 0.224. The van der Waals surface area contributed by atoms with E-state index < -0.39 is 6.04 Å². The monoisotopic (exact) mass is 394 g/mol. The first-order chi connectivity index (χ1) is 14.0. The van der Waals surface area contributed by atoms with Gasteiger partial charge in [-0.05, 0) is 6.92 Å². The standard InChI is InChI=1S/C17H18N10O2/c1-8(23-17(28)12-13-16(21-6-20-12)22-7-27(13)3)11-4-9(26-29-11)15-24-10(5-18)14(19-2)25-15/h4-8,18-19H,1-3H3,(H,23,28)(H,24,25)/t8-/m1/s1. The van der Waals surface area contributed by atoms with Gasteiger partial charge in [-0.1, -0.05) is 5.16 Å². The van der Waals surface area contributed by atoms with Gasteiger partial charge in [0.2, 0.25) is 0 Å². The number of hydrogen-bond acceptors (Lipinski definition) is 9. The fourth-order valence-corrected chi connectivity index (χ4v) is 2.90. The van der Waals surface area contributed by atoms with Crippen LogP contribution >= 0.6 is 0 Å². The van der Waals surface area contributed by atoms with Crippen molar-refractivity contribution in [3.05, 3.63) is 35.9 Å². The van der Waals surface area contributed by atoms with Crippen LogP contribution in [-0.2, 0) is 7.05 Å². The maximum atomic E-state index is 12.7. The van der Waals surface area contributed by atoms with Crippen molar-refractivity contribution in [3.63, 3.8) is 0 Å². The highest BCUT2D eigenvalue weighted by Crippen LogP contribution is 2.23. The highest BCUT2D eigenvalue weighted by atomic mass is 16.5. The smallest absolute Gasteiger partial charge is 0.272 e. The van der Waals surface area contributed by atoms with Gasteiger partial charge < -0.3 is 30.1 Å². The van der Waals surface area contributed by atoms with Crippen LogP contribution in [0.5, 0.6) is 0 Å². The largest absolute Gasteiger partial charge is 0.371 e. The van der Waals surface area contributed by atoms with E-state index in [9.17, 15) is 4.79 Å². The lowest BCUT2D eigenvalue weighted by Crippen LogP contribution is -2.27. The van der Waals surface area contributed by atoms with Crippen LogP contribution in [0.4, 0.5) is 5.82 Å². The van der Waals surface area contributed by atoms with E-state index in [1.54, 1.807) is 38.0 Å². The van der Waals surface area contributed by atoms with E-state index in [4.69, 9.17) is 9.93 Å². The minimum atomic E-state index is -0.470. The van der Waals surface area contributed by atoms with Gasteiger partial charge in [0.1, 0.15) is 23.2 Å². The second kappa shape index (κ2) is 7.14. The van der Waals surface area contributed by atoms with Gasteiger partial charge in [0.05, 0.1) is 12.4 Å². The van der Waals surface area contributed by atoms with Crippen molar-refractivity contribution in [2.45, 2.75) is 13.0 Å². The molecule has 0 aromatic carbocycles. The first kappa shape index (κ1) is 18.3. The molecule has 1 atom stereocenters. The number of anilines is 1. The average Bonchev–Trinajstić information content (AvgIpc) is 3.45. The van der Waals surface area contributed by atoms with Crippen molar-refractivity contribution < 1.29 is 9.32 Å². The fraction of sp³-hybridized carbons (Fsp3) is 0.235. The summed E-state index contributed by atoms with van der Waals surface area (Å²) in [6, 6.07) is 1.21. The molecule has 4 rings (SSSR count). The Hall–Kier alpha value is -4.09. The molecule has 1 amide bonds. The summed E-state index contributed by atoms with van der Waals surface area (Å²) in [5.74, 6) is 1.05. The van der Waals surface area contributed by atoms with E-state index in [2.05, 4.69) is 40.7 Å². The van der Waals surface area contributed by atoms with Gasteiger partial charge in [0.25, 0.3) is 5.91 Å². The van der Waals surface area contributed by atoms with E-state index in [0.29, 0.717) is 40.0 Å². The lowest BCUT2D eigenvalue weighted by molar-refractivity contribution is 0.0930. The lowest BCUT2D eigenvalue weighted by atomic mass is 10.2. The molecule has 0 radical (unpaired) electrons. The summed E-state index contributed by atoms with van der Waals surface area (Å²) < 4.78 is 7.07. The lowest BCUT2D eigenvalue weighted by Gasteiger charge is -2.10. The number of nitrogens with zero attached hydrogens (tertiary/aromatic N) is 6. The third-order valence-corrected chi connectivity index (χ3v) is 4.38. The zero-order chi connectivity index (χ0) is 20.5. The quantitative estimate of drug-likeness (QED) is 0.355. The number of aromatic amines is 1. The Labute approximate surface area is 164 Å². The summed E-state index contributed by atoms with van der Waals surface area (Å²) in [4.78, 5) is 32.3. The molecule has 12 nitrogen and oxygen atoms in total. The van der Waals surface area contributed by atoms with E-state index in [1.165, 1.54) is 6.33 Å². The molecule has 0 aliphatic rings. The number of fused-ring (bicyclic) bond motifs is 1. The van der Waals surface area contributed by atoms with Crippen LogP contribution in [0.2, 0.25) is 0 Å². The molecule has 0 bridgehead atoms. The van der Waals surface area contributed by atoms with Crippen molar-refractivity contribution in [1.29, 1.82) is 5.41 Å². The predicted molar refractivity (Wildman–Crippen MR) is 104 cm³/mol. The van der Waals surface area contributed by atoms with E-state index in [1.807, 2.05) is 0 Å². The molecule has 0 saturated heterocycles. The predicted octanol–water partition coefficient (Wildman–Crippen LogP) is 1.27. The van der Waals surface area contributed by atoms with Crippen LogP contribution in [0, 0.1) is 5.41 Å². The summed E-state index contributed by atoms with van der Waals surface area (Å²) in [5, 5.41) is 17.2. The highest BCUT2D eigenvalue weighted by molar-refractivity contribution is 6.02. The van der Waals surface area contributed by atoms with Crippen LogP contribution in [0.1, 0.15) is 34.9 Å². The first-order valence-corrected chi connectivity index (χ1v) is 8.70. The summed E-state index contributed by atoms with van der Waals surface area (Å²) in [6.45, 7) is 1.77. The van der Waals surface area contributed by atoms with Gasteiger partial charge in [-0.3, -0.25) is 4.79 Å². The van der Waals surface area contributed by atoms with Crippen LogP contribution in [-0.4, -0.2) is 53.8 Å². The molecular formula is C17H18N10O2. The summed E-state index contributed by atoms with van der Waals surface area (Å²) in [5.41, 5.74) is 2.20. The number of carbonyl (C=O) groups excluding carboxylic acids is 1. The summed E-state index contributed by atoms with van der Waals surface area (Å²) in [7, 11) is 3.48. The second-order valence-corrected chi connectivity index (χ2v) is 6.30. The van der Waals surface area contributed by atoms with Gasteiger partial charge in [0, 0.05) is 26.4 Å². The Kier molecular flexibility index (Phi) is 4.50. The van der Waals surface area contributed by atoms with Crippen molar-refractivity contribution in [1.82, 2.24) is 40.0 Å². The summed E-state index contributed by atoms with van der Waals surface area (Å²) in [6.07, 6.45) is 4.04. The molecule has 0 unspecified atom stereocenters. The van der Waals surface area contributed by atoms with E-state index >= 15 is 0 Å². The Bertz CT molecular complexity index is 1200. The maximum absolute atomic E-state index is 12.7. The number of rotatable bonds is 6. The average molecular weight is 394 g/mol. The van der Waals surface area contributed by atoms with Crippen molar-refractivity contribution in [3.8, 4) is 11.5 Å². The Morgan fingerprint density at radius 2 is 2.21 bits per heavy atom. The maximum Gasteiger partial charge on any atom is 0.272 e. The number of nitrogens with one attached hydrogen (secondary N) is 4. The van der Waals surface area contributed by atoms with Crippen molar-refractivity contribution in [2.75, 3.05) is 12.4 Å². The molecule has 0 aliphatic heterocycles. The van der Waals surface area contributed by atoms with Gasteiger partial charge in [0.15, 0.2) is 28.7 Å². The molecule has 148 valence electrons. The molecule has 29 heavy (non-hydrogen) atoms. The second-order valence-electron chi connectivity index (χ2n) is 6.30. The van der Waals surface area contributed by atoms with Gasteiger partial charge in [-0.2, -0.15) is 0 Å². The SMILES string of the molecule is CNc1nc(-c2cc([C@@H](C)NC(=O)c3ncnc4ncn(C)c34)on2)[nH]c1C=N. The van der Waals surface area contributed by atoms with E-state index in [0.717, 1.165) is 6.21 Å². The number of hydrogen-bond donors (Lipinski definition) is 4. The van der Waals surface area contributed by atoms with Gasteiger partial charge in [-0.25, -0.2) is 19.9 Å². The first-order valence-electron chi connectivity index (χ1n) is 8.70. The molecular weight excluding hydrogens is 376 g/mol. The van der Waals surface area contributed by atoms with Crippen LogP contribution < -0.4 is 10.6 Å². The van der Waals surface area contributed by atoms with Gasteiger partial charge >= 0.3 is 0 Å². The van der Waals surface area contributed by atoms with Gasteiger partial charge in [-0.15, -0.1) is 0 Å². The zero-order valence-corrected chi connectivity index (χ0v) is 15.9. The Morgan fingerprint density at radius 1 is 1.38 bits per heavy atom. The molecule has 4 heterocycles. The zero-order valence-electron chi connectivity index (χ0n) is 15.9. The fourth-order valence-electron chi connectivity index (χ4n) is 2.90. The third-order valence-electron chi connectivity index (χ3n) is 4.38. The molecule has 4 aromatic heterocycles. The molecule has 0 spiro atoms. The molecule has 4 N–H and O–H groups in total. The molecule has 0 saturated carbocycles. The number of H-pyrrole nitrogens is 1. The topological polar surface area (TPSA) is 163 Å². The number of imidazole rings is 2. The third kappa shape index (κ3) is 3.20. The molecule has 0 fully saturated rings. The minimum Gasteiger partial charge on any atom is -0.371 e. The molecule has 4 aromatic rings. The van der Waals surface area contributed by atoms with E-state index in [-0.39, 0.29) is 11.6 Å². The van der Waals surface area contributed by atoms with Crippen molar-refractivity contribution in [2.24, 2.45) is 7.05 Å². The van der Waals surface area contributed by atoms with Crippen LogP contribution in [0.3, 0.4) is 0 Å². The Balaban J connectivity index is 1.55. The Morgan fingerprint density at radius 3 is 2.93 bits per heavy atom. The van der Waals surface area contributed by atoms with Crippen LogP contribution in [0.15, 0.2) is 23.2 Å². The van der Waals surface area contributed by atoms with Crippen LogP contribution in [0.25, 0.3) is 22.7 Å². The summed E-state index contributed by atoms with van der Waals surface area (Å²) >= 11 is 0.